The molecular formula is C49H82O12S. The third kappa shape index (κ3) is 32.7. The summed E-state index contributed by atoms with van der Waals surface area (Å²) in [6, 6.07) is 0. The van der Waals surface area contributed by atoms with Crippen LogP contribution in [0.4, 0.5) is 0 Å². The fraction of sp³-hybridized carbons (Fsp3) is 0.714. The number of aliphatic hydroxyl groups is 3. The van der Waals surface area contributed by atoms with Crippen molar-refractivity contribution in [3.8, 4) is 0 Å². The summed E-state index contributed by atoms with van der Waals surface area (Å²) in [6.07, 6.45) is 39.5. The van der Waals surface area contributed by atoms with Gasteiger partial charge in [0, 0.05) is 12.8 Å². The lowest BCUT2D eigenvalue weighted by atomic mass is 10.00. The molecule has 0 bridgehead atoms. The molecular weight excluding hydrogens is 813 g/mol. The van der Waals surface area contributed by atoms with Gasteiger partial charge in [-0.1, -0.05) is 145 Å². The maximum atomic E-state index is 12.8. The molecule has 2 unspecified atom stereocenters. The van der Waals surface area contributed by atoms with Crippen LogP contribution in [0.15, 0.2) is 72.9 Å². The zero-order valence-corrected chi connectivity index (χ0v) is 38.8. The zero-order valence-electron chi connectivity index (χ0n) is 37.9. The maximum Gasteiger partial charge on any atom is 0.306 e. The molecule has 0 amide bonds. The van der Waals surface area contributed by atoms with Crippen molar-refractivity contribution in [1.82, 2.24) is 0 Å². The Hall–Kier alpha value is -2.91. The van der Waals surface area contributed by atoms with E-state index in [1.165, 1.54) is 57.8 Å². The SMILES string of the molecule is CC/C=C/C/C=C/C/C=C/C/C=C/CCCCC(=O)O[C@H](COC(=O)CCCCCCCCCCC/C=C/C/C=C/CCCCC)CO[C@H]1O[C@H](CS(=O)(=O)O)[C@@H](O)C(O)C1O. The fourth-order valence-electron chi connectivity index (χ4n) is 6.64. The Kier molecular flexibility index (Phi) is 35.5. The number of esters is 2. The minimum Gasteiger partial charge on any atom is -0.462 e. The van der Waals surface area contributed by atoms with E-state index in [-0.39, 0.29) is 19.4 Å². The van der Waals surface area contributed by atoms with Crippen molar-refractivity contribution < 1.29 is 56.8 Å². The van der Waals surface area contributed by atoms with Gasteiger partial charge in [0.25, 0.3) is 10.1 Å². The predicted molar refractivity (Wildman–Crippen MR) is 247 cm³/mol. The second-order valence-corrected chi connectivity index (χ2v) is 17.5. The van der Waals surface area contributed by atoms with Crippen LogP contribution in [0.25, 0.3) is 0 Å². The highest BCUT2D eigenvalue weighted by Gasteiger charge is 2.46. The van der Waals surface area contributed by atoms with Gasteiger partial charge in [-0.15, -0.1) is 0 Å². The van der Waals surface area contributed by atoms with Crippen LogP contribution in [-0.2, 0) is 38.7 Å². The van der Waals surface area contributed by atoms with Gasteiger partial charge in [-0.25, -0.2) is 0 Å². The molecule has 62 heavy (non-hydrogen) atoms. The molecule has 356 valence electrons. The van der Waals surface area contributed by atoms with E-state index in [2.05, 4.69) is 86.8 Å². The van der Waals surface area contributed by atoms with E-state index in [0.29, 0.717) is 12.8 Å². The van der Waals surface area contributed by atoms with Gasteiger partial charge in [0.1, 0.15) is 36.8 Å². The second-order valence-electron chi connectivity index (χ2n) is 16.0. The van der Waals surface area contributed by atoms with Crippen molar-refractivity contribution in [2.75, 3.05) is 19.0 Å². The van der Waals surface area contributed by atoms with E-state index in [0.717, 1.165) is 70.6 Å². The summed E-state index contributed by atoms with van der Waals surface area (Å²) in [7, 11) is -4.61. The Morgan fingerprint density at radius 2 is 1.02 bits per heavy atom. The van der Waals surface area contributed by atoms with Crippen LogP contribution >= 0.6 is 0 Å². The average molecular weight is 895 g/mol. The van der Waals surface area contributed by atoms with Crippen LogP contribution in [0.3, 0.4) is 0 Å². The van der Waals surface area contributed by atoms with Crippen LogP contribution in [0, 0.1) is 0 Å². The van der Waals surface area contributed by atoms with Crippen LogP contribution in [-0.4, -0.2) is 96.0 Å². The van der Waals surface area contributed by atoms with Gasteiger partial charge in [0.2, 0.25) is 0 Å². The number of unbranched alkanes of at least 4 members (excludes halogenated alkanes) is 14. The molecule has 6 atom stereocenters. The standard InChI is InChI=1S/C49H82O12S/c1-3-5-7-9-11-13-15-17-19-20-21-22-24-25-27-29-31-33-35-37-44(50)58-39-42(40-59-49-48(54)47(53)46(52)43(61-49)41-62(55,56)57)60-45(51)38-36-34-32-30-28-26-23-18-16-14-12-10-8-6-4-2/h6,8,11-14,17-19,23,28,30,42-43,46-49,52-54H,3-5,7,9-10,15-16,20-22,24-27,29,31-41H2,1-2H3,(H,55,56,57)/b8-6+,13-11+,14-12+,19-17+,23-18+,30-28+/t42-,43-,46-,47?,48?,49+/m1/s1. The lowest BCUT2D eigenvalue weighted by Crippen LogP contribution is -2.60. The first-order chi connectivity index (χ1) is 30.0. The van der Waals surface area contributed by atoms with Gasteiger partial charge >= 0.3 is 11.9 Å². The van der Waals surface area contributed by atoms with Crippen LogP contribution in [0.2, 0.25) is 0 Å². The highest BCUT2D eigenvalue weighted by atomic mass is 32.2. The largest absolute Gasteiger partial charge is 0.462 e. The van der Waals surface area contributed by atoms with Gasteiger partial charge in [-0.05, 0) is 83.5 Å². The third-order valence-electron chi connectivity index (χ3n) is 10.3. The molecule has 0 saturated carbocycles. The molecule has 1 fully saturated rings. The third-order valence-corrected chi connectivity index (χ3v) is 11.0. The summed E-state index contributed by atoms with van der Waals surface area (Å²) in [6.45, 7) is 3.58. The Labute approximate surface area is 374 Å². The van der Waals surface area contributed by atoms with E-state index >= 15 is 0 Å². The Balaban J connectivity index is 2.45. The van der Waals surface area contributed by atoms with Gasteiger partial charge < -0.3 is 34.3 Å². The lowest BCUT2D eigenvalue weighted by molar-refractivity contribution is -0.297. The number of carbonyl (C=O) groups is 2. The Morgan fingerprint density at radius 1 is 0.565 bits per heavy atom. The van der Waals surface area contributed by atoms with Crippen LogP contribution < -0.4 is 0 Å². The van der Waals surface area contributed by atoms with Gasteiger partial charge in [0.05, 0.1) is 6.61 Å². The minimum atomic E-state index is -4.61. The van der Waals surface area contributed by atoms with Gasteiger partial charge in [0.15, 0.2) is 12.4 Å². The molecule has 0 aromatic carbocycles. The summed E-state index contributed by atoms with van der Waals surface area (Å²) in [5.41, 5.74) is 0. The molecule has 1 aliphatic rings. The number of hydrogen-bond donors (Lipinski definition) is 4. The normalized spacial score (nSPS) is 20.5. The lowest BCUT2D eigenvalue weighted by Gasteiger charge is -2.40. The predicted octanol–water partition coefficient (Wildman–Crippen LogP) is 9.89. The highest BCUT2D eigenvalue weighted by Crippen LogP contribution is 2.24. The molecule has 0 spiro atoms. The topological polar surface area (TPSA) is 186 Å². The van der Waals surface area contributed by atoms with Crippen molar-refractivity contribution in [3.63, 3.8) is 0 Å². The molecule has 1 saturated heterocycles. The summed E-state index contributed by atoms with van der Waals surface area (Å²) in [4.78, 5) is 25.4. The van der Waals surface area contributed by atoms with E-state index in [1.54, 1.807) is 0 Å². The van der Waals surface area contributed by atoms with Crippen LogP contribution in [0.1, 0.15) is 168 Å². The summed E-state index contributed by atoms with van der Waals surface area (Å²) in [5, 5.41) is 30.9. The number of aliphatic hydroxyl groups excluding tert-OH is 3. The first kappa shape index (κ1) is 57.1. The average Bonchev–Trinajstić information content (AvgIpc) is 3.24. The highest BCUT2D eigenvalue weighted by molar-refractivity contribution is 7.85. The second kappa shape index (κ2) is 38.5. The first-order valence-corrected chi connectivity index (χ1v) is 25.1. The number of carbonyl (C=O) groups excluding carboxylic acids is 2. The molecule has 0 radical (unpaired) electrons. The molecule has 0 aliphatic carbocycles. The number of rotatable bonds is 38. The number of hydrogen-bond acceptors (Lipinski definition) is 11. The van der Waals surface area contributed by atoms with Crippen molar-refractivity contribution in [2.24, 2.45) is 0 Å². The van der Waals surface area contributed by atoms with Crippen LogP contribution in [0.5, 0.6) is 0 Å². The smallest absolute Gasteiger partial charge is 0.306 e. The maximum absolute atomic E-state index is 12.8. The van der Waals surface area contributed by atoms with E-state index < -0.39 is 71.2 Å². The van der Waals surface area contributed by atoms with E-state index in [1.807, 2.05) is 0 Å². The molecule has 1 aliphatic heterocycles. The molecule has 12 nitrogen and oxygen atoms in total. The van der Waals surface area contributed by atoms with Gasteiger partial charge in [-0.2, -0.15) is 8.42 Å². The Morgan fingerprint density at radius 3 is 1.55 bits per heavy atom. The van der Waals surface area contributed by atoms with E-state index in [9.17, 15) is 37.9 Å². The molecule has 13 heteroatoms. The fourth-order valence-corrected chi connectivity index (χ4v) is 7.33. The summed E-state index contributed by atoms with van der Waals surface area (Å²) < 4.78 is 54.1. The molecule has 0 aromatic heterocycles. The van der Waals surface area contributed by atoms with Crippen molar-refractivity contribution in [1.29, 1.82) is 0 Å². The zero-order chi connectivity index (χ0) is 45.5. The van der Waals surface area contributed by atoms with Gasteiger partial charge in [-0.3, -0.25) is 14.1 Å². The summed E-state index contributed by atoms with van der Waals surface area (Å²) >= 11 is 0. The van der Waals surface area contributed by atoms with Crippen molar-refractivity contribution >= 4 is 22.1 Å². The molecule has 1 heterocycles. The molecule has 1 rings (SSSR count). The van der Waals surface area contributed by atoms with E-state index in [4.69, 9.17) is 18.9 Å². The first-order valence-electron chi connectivity index (χ1n) is 23.5. The quantitative estimate of drug-likeness (QED) is 0.0199. The number of ether oxygens (including phenoxy) is 4. The summed E-state index contributed by atoms with van der Waals surface area (Å²) in [5.74, 6) is -2.05. The molecule has 4 N–H and O–H groups in total. The Bertz CT molecular complexity index is 1420. The minimum absolute atomic E-state index is 0.108. The number of allylic oxidation sites excluding steroid dienone is 12. The van der Waals surface area contributed by atoms with Crippen molar-refractivity contribution in [3.05, 3.63) is 72.9 Å². The molecule has 0 aromatic rings. The monoisotopic (exact) mass is 895 g/mol. The van der Waals surface area contributed by atoms with Crippen molar-refractivity contribution in [2.45, 2.75) is 205 Å².